The van der Waals surface area contributed by atoms with E-state index in [2.05, 4.69) is 4.98 Å². The highest BCUT2D eigenvalue weighted by atomic mass is 32.2. The number of non-ortho nitro benzene ring substituents is 1. The first-order valence-electron chi connectivity index (χ1n) is 8.19. The van der Waals surface area contributed by atoms with E-state index in [-0.39, 0.29) is 15.9 Å². The second-order valence-electron chi connectivity index (χ2n) is 5.93. The van der Waals surface area contributed by atoms with E-state index in [1.165, 1.54) is 6.07 Å². The van der Waals surface area contributed by atoms with E-state index in [0.29, 0.717) is 6.42 Å². The topological polar surface area (TPSA) is 68.4 Å². The van der Waals surface area contributed by atoms with E-state index in [0.717, 1.165) is 27.4 Å². The van der Waals surface area contributed by atoms with Crippen molar-refractivity contribution in [3.8, 4) is 0 Å². The van der Waals surface area contributed by atoms with Gasteiger partial charge in [0.2, 0.25) is 0 Å². The van der Waals surface area contributed by atoms with Crippen LogP contribution in [-0.4, -0.2) is 15.6 Å². The van der Waals surface area contributed by atoms with E-state index in [4.69, 9.17) is 4.99 Å². The normalized spacial score (nSPS) is 16.3. The number of rotatable bonds is 3. The summed E-state index contributed by atoms with van der Waals surface area (Å²) in [6.07, 6.45) is 4.22. The lowest BCUT2D eigenvalue weighted by atomic mass is 10.0. The summed E-state index contributed by atoms with van der Waals surface area (Å²) in [6.45, 7) is 0. The smallest absolute Gasteiger partial charge is 0.264 e. The molecule has 1 aliphatic heterocycles. The predicted molar refractivity (Wildman–Crippen MR) is 103 cm³/mol. The Hall–Kier alpha value is -2.99. The van der Waals surface area contributed by atoms with Crippen molar-refractivity contribution in [2.24, 2.45) is 4.99 Å². The van der Waals surface area contributed by atoms with Gasteiger partial charge in [-0.1, -0.05) is 30.3 Å². The van der Waals surface area contributed by atoms with E-state index in [1.807, 2.05) is 48.7 Å². The van der Waals surface area contributed by atoms with Crippen LogP contribution in [-0.2, 0) is 0 Å². The second-order valence-corrected chi connectivity index (χ2v) is 7.18. The van der Waals surface area contributed by atoms with Crippen LogP contribution in [0.1, 0.15) is 22.8 Å². The van der Waals surface area contributed by atoms with Crippen molar-refractivity contribution in [3.05, 3.63) is 94.3 Å². The van der Waals surface area contributed by atoms with Gasteiger partial charge in [-0.2, -0.15) is 0 Å². The summed E-state index contributed by atoms with van der Waals surface area (Å²) in [6, 6.07) is 18.7. The van der Waals surface area contributed by atoms with Gasteiger partial charge in [0.15, 0.2) is 0 Å². The fraction of sp³-hybridized carbons (Fsp3) is 0.100. The van der Waals surface area contributed by atoms with Gasteiger partial charge in [-0.05, 0) is 23.8 Å². The number of nitro groups is 1. The molecule has 2 heterocycles. The lowest BCUT2D eigenvalue weighted by Crippen LogP contribution is -2.06. The molecular weight excluding hydrogens is 346 g/mol. The number of hydrogen-bond acceptors (Lipinski definition) is 5. The van der Waals surface area contributed by atoms with Crippen LogP contribution in [0.4, 0.5) is 11.4 Å². The summed E-state index contributed by atoms with van der Waals surface area (Å²) in [5.41, 5.74) is 3.87. The lowest BCUT2D eigenvalue weighted by molar-refractivity contribution is -0.384. The first-order chi connectivity index (χ1) is 12.7. The Morgan fingerprint density at radius 1 is 1.08 bits per heavy atom. The molecule has 1 aromatic heterocycles. The Kier molecular flexibility index (Phi) is 4.50. The number of nitro benzene ring substituents is 1. The SMILES string of the molecule is O=[N+]([O-])c1cccc(C2CC(c3cccnc3)=Nc3ccccc3S2)c1. The molecule has 0 N–H and O–H groups in total. The Morgan fingerprint density at radius 3 is 2.77 bits per heavy atom. The minimum Gasteiger partial charge on any atom is -0.264 e. The molecule has 0 fully saturated rings. The standard InChI is InChI=1S/C20H15N3O2S/c24-23(25)16-7-3-5-14(11-16)20-12-18(15-6-4-10-21-13-15)22-17-8-1-2-9-19(17)26-20/h1-11,13,20H,12H2. The van der Waals surface area contributed by atoms with Gasteiger partial charge in [-0.3, -0.25) is 20.1 Å². The van der Waals surface area contributed by atoms with Crippen LogP contribution in [0.2, 0.25) is 0 Å². The molecule has 1 atom stereocenters. The van der Waals surface area contributed by atoms with Crippen molar-refractivity contribution in [1.82, 2.24) is 4.98 Å². The molecule has 1 aliphatic rings. The van der Waals surface area contributed by atoms with Gasteiger partial charge in [0.05, 0.1) is 16.3 Å². The second kappa shape index (κ2) is 7.09. The highest BCUT2D eigenvalue weighted by Gasteiger charge is 2.23. The van der Waals surface area contributed by atoms with E-state index < -0.39 is 0 Å². The van der Waals surface area contributed by atoms with Gasteiger partial charge in [-0.25, -0.2) is 0 Å². The molecule has 4 rings (SSSR count). The number of benzene rings is 2. The minimum absolute atomic E-state index is 0.0394. The molecule has 128 valence electrons. The molecule has 5 nitrogen and oxygen atoms in total. The molecular formula is C20H15N3O2S. The fourth-order valence-electron chi connectivity index (χ4n) is 2.95. The molecule has 0 saturated heterocycles. The summed E-state index contributed by atoms with van der Waals surface area (Å²) in [4.78, 5) is 20.9. The van der Waals surface area contributed by atoms with Crippen LogP contribution in [0.3, 0.4) is 0 Å². The minimum atomic E-state index is -0.352. The molecule has 0 spiro atoms. The quantitative estimate of drug-likeness (QED) is 0.466. The molecule has 6 heteroatoms. The molecule has 3 aromatic rings. The molecule has 0 aliphatic carbocycles. The van der Waals surface area contributed by atoms with E-state index in [1.54, 1.807) is 30.1 Å². The lowest BCUT2D eigenvalue weighted by Gasteiger charge is -2.16. The number of fused-ring (bicyclic) bond motifs is 1. The number of aromatic nitrogens is 1. The Bertz CT molecular complexity index is 989. The van der Waals surface area contributed by atoms with Crippen LogP contribution >= 0.6 is 11.8 Å². The third kappa shape index (κ3) is 3.36. The maximum absolute atomic E-state index is 11.2. The maximum atomic E-state index is 11.2. The average Bonchev–Trinajstić information content (AvgIpc) is 2.88. The zero-order valence-electron chi connectivity index (χ0n) is 13.8. The number of nitrogens with zero attached hydrogens (tertiary/aromatic N) is 3. The van der Waals surface area contributed by atoms with Crippen molar-refractivity contribution in [1.29, 1.82) is 0 Å². The number of para-hydroxylation sites is 1. The average molecular weight is 361 g/mol. The van der Waals surface area contributed by atoms with Crippen LogP contribution < -0.4 is 0 Å². The maximum Gasteiger partial charge on any atom is 0.269 e. The third-order valence-corrected chi connectivity index (χ3v) is 5.54. The van der Waals surface area contributed by atoms with Crippen molar-refractivity contribution in [2.75, 3.05) is 0 Å². The summed E-state index contributed by atoms with van der Waals surface area (Å²) in [5, 5.41) is 11.2. The monoisotopic (exact) mass is 361 g/mol. The Labute approximate surface area is 155 Å². The number of aliphatic imine (C=N–C) groups is 1. The van der Waals surface area contributed by atoms with Crippen LogP contribution in [0.25, 0.3) is 0 Å². The summed E-state index contributed by atoms with van der Waals surface area (Å²) >= 11 is 1.69. The van der Waals surface area contributed by atoms with Crippen LogP contribution in [0.5, 0.6) is 0 Å². The van der Waals surface area contributed by atoms with Gasteiger partial charge < -0.3 is 0 Å². The third-order valence-electron chi connectivity index (χ3n) is 4.22. The van der Waals surface area contributed by atoms with Gasteiger partial charge in [0.1, 0.15) is 0 Å². The van der Waals surface area contributed by atoms with Gasteiger partial charge in [-0.15, -0.1) is 11.8 Å². The van der Waals surface area contributed by atoms with Crippen molar-refractivity contribution in [2.45, 2.75) is 16.6 Å². The molecule has 0 amide bonds. The first-order valence-corrected chi connectivity index (χ1v) is 9.07. The summed E-state index contributed by atoms with van der Waals surface area (Å²) in [5.74, 6) is 0. The predicted octanol–water partition coefficient (Wildman–Crippen LogP) is 5.35. The first kappa shape index (κ1) is 16.5. The zero-order valence-corrected chi connectivity index (χ0v) is 14.6. The molecule has 0 saturated carbocycles. The van der Waals surface area contributed by atoms with Crippen molar-refractivity contribution < 1.29 is 4.92 Å². The van der Waals surface area contributed by atoms with Gasteiger partial charge in [0, 0.05) is 46.7 Å². The van der Waals surface area contributed by atoms with E-state index >= 15 is 0 Å². The van der Waals surface area contributed by atoms with Gasteiger partial charge in [0.25, 0.3) is 5.69 Å². The highest BCUT2D eigenvalue weighted by Crippen LogP contribution is 2.45. The molecule has 1 unspecified atom stereocenters. The molecule has 0 bridgehead atoms. The fourth-order valence-corrected chi connectivity index (χ4v) is 4.17. The molecule has 2 aromatic carbocycles. The Balaban J connectivity index is 1.79. The summed E-state index contributed by atoms with van der Waals surface area (Å²) < 4.78 is 0. The zero-order chi connectivity index (χ0) is 17.9. The van der Waals surface area contributed by atoms with Crippen LogP contribution in [0.15, 0.2) is 82.9 Å². The largest absolute Gasteiger partial charge is 0.269 e. The Morgan fingerprint density at radius 2 is 1.96 bits per heavy atom. The number of thioether (sulfide) groups is 1. The van der Waals surface area contributed by atoms with Crippen LogP contribution in [0, 0.1) is 10.1 Å². The summed E-state index contributed by atoms with van der Waals surface area (Å²) in [7, 11) is 0. The van der Waals surface area contributed by atoms with Gasteiger partial charge >= 0.3 is 0 Å². The number of pyridine rings is 1. The van der Waals surface area contributed by atoms with Crippen molar-refractivity contribution in [3.63, 3.8) is 0 Å². The molecule has 0 radical (unpaired) electrons. The molecule has 26 heavy (non-hydrogen) atoms. The van der Waals surface area contributed by atoms with E-state index in [9.17, 15) is 10.1 Å². The van der Waals surface area contributed by atoms with Crippen molar-refractivity contribution >= 4 is 28.8 Å². The number of hydrogen-bond donors (Lipinski definition) is 0. The highest BCUT2D eigenvalue weighted by molar-refractivity contribution is 7.99.